The van der Waals surface area contributed by atoms with Crippen molar-refractivity contribution in [3.8, 4) is 16.9 Å². The van der Waals surface area contributed by atoms with Gasteiger partial charge in [0.05, 0.1) is 22.4 Å². The van der Waals surface area contributed by atoms with Crippen molar-refractivity contribution in [3.63, 3.8) is 0 Å². The number of amides is 2. The van der Waals surface area contributed by atoms with Crippen molar-refractivity contribution in [1.82, 2.24) is 14.7 Å². The molecule has 6 nitrogen and oxygen atoms in total. The van der Waals surface area contributed by atoms with Gasteiger partial charge >= 0.3 is 0 Å². The van der Waals surface area contributed by atoms with Crippen LogP contribution in [0, 0.1) is 12.7 Å². The van der Waals surface area contributed by atoms with Gasteiger partial charge in [0.1, 0.15) is 18.2 Å². The summed E-state index contributed by atoms with van der Waals surface area (Å²) in [5, 5.41) is 4.73. The fourth-order valence-corrected chi connectivity index (χ4v) is 6.59. The van der Waals surface area contributed by atoms with Gasteiger partial charge in [-0.25, -0.2) is 9.07 Å². The Hall–Kier alpha value is -3.91. The van der Waals surface area contributed by atoms with Gasteiger partial charge in [-0.2, -0.15) is 5.10 Å². The fourth-order valence-electron chi connectivity index (χ4n) is 5.40. The quantitative estimate of drug-likeness (QED) is 0.322. The molecule has 3 aromatic carbocycles. The zero-order chi connectivity index (χ0) is 26.9. The summed E-state index contributed by atoms with van der Waals surface area (Å²) in [6.45, 7) is 3.37. The standard InChI is InChI=1S/C31H29FN4O2S/c1-21-9-7-14-25(17-21)36-31-28(29(33-36)22-10-3-2-4-11-22)30(23-12-8-13-24(32)18-23)39-20-27(38)35(31)19-26(37)34-15-5-6-16-34/h2-4,7-14,17-18,30H,5-6,15-16,19-20H2,1H3/t30-/m1/s1. The van der Waals surface area contributed by atoms with Gasteiger partial charge in [0.15, 0.2) is 0 Å². The summed E-state index contributed by atoms with van der Waals surface area (Å²) in [6, 6.07) is 24.3. The normalized spacial score (nSPS) is 17.3. The van der Waals surface area contributed by atoms with E-state index in [9.17, 15) is 14.0 Å². The predicted molar refractivity (Wildman–Crippen MR) is 153 cm³/mol. The van der Waals surface area contributed by atoms with Gasteiger partial charge in [-0.05, 0) is 55.2 Å². The van der Waals surface area contributed by atoms with E-state index in [1.807, 2.05) is 72.5 Å². The first kappa shape index (κ1) is 25.4. The molecule has 2 aliphatic rings. The number of fused-ring (bicyclic) bond motifs is 1. The van der Waals surface area contributed by atoms with Crippen LogP contribution in [0.15, 0.2) is 78.9 Å². The molecule has 0 N–H and O–H groups in total. The second kappa shape index (κ2) is 10.7. The Morgan fingerprint density at radius 1 is 1.00 bits per heavy atom. The maximum absolute atomic E-state index is 14.5. The Morgan fingerprint density at radius 3 is 2.51 bits per heavy atom. The Labute approximate surface area is 231 Å². The van der Waals surface area contributed by atoms with Crippen LogP contribution in [-0.4, -0.2) is 51.9 Å². The number of aryl methyl sites for hydroxylation is 1. The number of carbonyl (C=O) groups excluding carboxylic acids is 2. The number of aromatic nitrogens is 2. The van der Waals surface area contributed by atoms with Gasteiger partial charge in [-0.15, -0.1) is 11.8 Å². The molecule has 1 saturated heterocycles. The topological polar surface area (TPSA) is 58.4 Å². The number of benzene rings is 3. The van der Waals surface area contributed by atoms with Crippen molar-refractivity contribution in [3.05, 3.63) is 101 Å². The molecule has 8 heteroatoms. The van der Waals surface area contributed by atoms with Crippen LogP contribution in [-0.2, 0) is 9.59 Å². The first-order valence-electron chi connectivity index (χ1n) is 13.2. The Kier molecular flexibility index (Phi) is 6.95. The molecule has 4 aromatic rings. The van der Waals surface area contributed by atoms with E-state index in [-0.39, 0.29) is 35.2 Å². The maximum Gasteiger partial charge on any atom is 0.242 e. The van der Waals surface area contributed by atoms with Gasteiger partial charge < -0.3 is 4.90 Å². The predicted octanol–water partition coefficient (Wildman–Crippen LogP) is 5.78. The van der Waals surface area contributed by atoms with E-state index < -0.39 is 0 Å². The molecule has 0 saturated carbocycles. The van der Waals surface area contributed by atoms with Crippen molar-refractivity contribution < 1.29 is 14.0 Å². The summed E-state index contributed by atoms with van der Waals surface area (Å²) in [6.07, 6.45) is 1.95. The molecule has 1 aromatic heterocycles. The average molecular weight is 541 g/mol. The highest BCUT2D eigenvalue weighted by molar-refractivity contribution is 8.00. The molecule has 0 bridgehead atoms. The van der Waals surface area contributed by atoms with E-state index in [0.29, 0.717) is 24.6 Å². The lowest BCUT2D eigenvalue weighted by molar-refractivity contribution is -0.130. The van der Waals surface area contributed by atoms with E-state index in [4.69, 9.17) is 5.10 Å². The first-order chi connectivity index (χ1) is 19.0. The SMILES string of the molecule is Cc1cccc(-n2nc(-c3ccccc3)c3c2N(CC(=O)N2CCCC2)C(=O)CS[C@@H]3c2cccc(F)c2)c1. The molecule has 0 unspecified atom stereocenters. The van der Waals surface area contributed by atoms with Crippen LogP contribution in [0.3, 0.4) is 0 Å². The smallest absolute Gasteiger partial charge is 0.242 e. The van der Waals surface area contributed by atoms with Crippen LogP contribution in [0.5, 0.6) is 0 Å². The Bertz CT molecular complexity index is 1530. The van der Waals surface area contributed by atoms with Crippen LogP contribution in [0.4, 0.5) is 10.2 Å². The molecule has 1 fully saturated rings. The number of thioether (sulfide) groups is 1. The molecule has 39 heavy (non-hydrogen) atoms. The molecule has 6 rings (SSSR count). The monoisotopic (exact) mass is 540 g/mol. The van der Waals surface area contributed by atoms with Crippen molar-refractivity contribution in [2.24, 2.45) is 0 Å². The average Bonchev–Trinajstić information content (AvgIpc) is 3.59. The highest BCUT2D eigenvalue weighted by Crippen LogP contribution is 2.48. The first-order valence-corrected chi connectivity index (χ1v) is 14.2. The third-order valence-electron chi connectivity index (χ3n) is 7.29. The third kappa shape index (κ3) is 4.96. The second-order valence-corrected chi connectivity index (χ2v) is 11.1. The summed E-state index contributed by atoms with van der Waals surface area (Å²) in [4.78, 5) is 30.6. The van der Waals surface area contributed by atoms with Gasteiger partial charge in [-0.1, -0.05) is 54.6 Å². The minimum atomic E-state index is -0.361. The maximum atomic E-state index is 14.5. The number of rotatable bonds is 5. The van der Waals surface area contributed by atoms with Gasteiger partial charge in [-0.3, -0.25) is 14.5 Å². The Morgan fingerprint density at radius 2 is 1.77 bits per heavy atom. The molecule has 2 aliphatic heterocycles. The van der Waals surface area contributed by atoms with E-state index in [0.717, 1.165) is 40.8 Å². The number of likely N-dealkylation sites (tertiary alicyclic amines) is 1. The van der Waals surface area contributed by atoms with E-state index in [1.165, 1.54) is 23.9 Å². The molecule has 2 amide bonds. The van der Waals surface area contributed by atoms with Crippen LogP contribution < -0.4 is 4.90 Å². The van der Waals surface area contributed by atoms with Crippen LogP contribution in [0.1, 0.15) is 34.8 Å². The van der Waals surface area contributed by atoms with Crippen molar-refractivity contribution in [1.29, 1.82) is 0 Å². The van der Waals surface area contributed by atoms with Crippen LogP contribution >= 0.6 is 11.8 Å². The van der Waals surface area contributed by atoms with Gasteiger partial charge in [0.2, 0.25) is 11.8 Å². The molecule has 0 radical (unpaired) electrons. The number of anilines is 1. The summed E-state index contributed by atoms with van der Waals surface area (Å²) >= 11 is 1.44. The lowest BCUT2D eigenvalue weighted by Crippen LogP contribution is -2.43. The van der Waals surface area contributed by atoms with Crippen LogP contribution in [0.25, 0.3) is 16.9 Å². The molecule has 3 heterocycles. The third-order valence-corrected chi connectivity index (χ3v) is 8.54. The van der Waals surface area contributed by atoms with Gasteiger partial charge in [0.25, 0.3) is 0 Å². The number of nitrogens with zero attached hydrogens (tertiary/aromatic N) is 4. The number of carbonyl (C=O) groups is 2. The lowest BCUT2D eigenvalue weighted by Gasteiger charge is -2.25. The molecule has 198 valence electrons. The van der Waals surface area contributed by atoms with Gasteiger partial charge in [0, 0.05) is 24.2 Å². The number of halogens is 1. The second-order valence-electron chi connectivity index (χ2n) is 10.0. The molecular formula is C31H29FN4O2S. The minimum Gasteiger partial charge on any atom is -0.341 e. The number of hydrogen-bond acceptors (Lipinski definition) is 4. The van der Waals surface area contributed by atoms with E-state index in [2.05, 4.69) is 0 Å². The van der Waals surface area contributed by atoms with Crippen molar-refractivity contribution in [2.45, 2.75) is 25.0 Å². The zero-order valence-electron chi connectivity index (χ0n) is 21.7. The highest BCUT2D eigenvalue weighted by atomic mass is 32.2. The summed E-state index contributed by atoms with van der Waals surface area (Å²) in [7, 11) is 0. The lowest BCUT2D eigenvalue weighted by atomic mass is 9.99. The van der Waals surface area contributed by atoms with E-state index in [1.54, 1.807) is 15.6 Å². The van der Waals surface area contributed by atoms with E-state index >= 15 is 0 Å². The molecule has 0 aliphatic carbocycles. The largest absolute Gasteiger partial charge is 0.341 e. The minimum absolute atomic E-state index is 0.0615. The zero-order valence-corrected chi connectivity index (χ0v) is 22.5. The summed E-state index contributed by atoms with van der Waals surface area (Å²) < 4.78 is 16.3. The fraction of sp³-hybridized carbons (Fsp3) is 0.258. The molecule has 1 atom stereocenters. The molecule has 0 spiro atoms. The Balaban J connectivity index is 1.61. The van der Waals surface area contributed by atoms with Crippen molar-refractivity contribution in [2.75, 3.05) is 30.3 Å². The summed E-state index contributed by atoms with van der Waals surface area (Å²) in [5.41, 5.74) is 5.00. The molecular weight excluding hydrogens is 511 g/mol. The van der Waals surface area contributed by atoms with Crippen LogP contribution in [0.2, 0.25) is 0 Å². The summed E-state index contributed by atoms with van der Waals surface area (Å²) in [5.74, 6) is 0.154. The highest BCUT2D eigenvalue weighted by Gasteiger charge is 2.38. The van der Waals surface area contributed by atoms with Crippen molar-refractivity contribution >= 4 is 29.4 Å². The number of hydrogen-bond donors (Lipinski definition) is 0.